The van der Waals surface area contributed by atoms with Crippen LogP contribution >= 0.6 is 23.5 Å². The largest absolute Gasteiger partial charge is 0.481 e. The zero-order valence-electron chi connectivity index (χ0n) is 12.7. The molecular weight excluding hydrogens is 318 g/mol. The molecule has 0 saturated carbocycles. The van der Waals surface area contributed by atoms with Gasteiger partial charge in [-0.25, -0.2) is 0 Å². The SMILES string of the molecule is CCN(CCC(=O)O)C(=O)c1ccc(C2SCCCS2)cc1. The predicted octanol–water partition coefficient (Wildman–Crippen LogP) is 3.49. The maximum atomic E-state index is 12.4. The van der Waals surface area contributed by atoms with Crippen molar-refractivity contribution < 1.29 is 14.7 Å². The van der Waals surface area contributed by atoms with Crippen molar-refractivity contribution in [3.8, 4) is 0 Å². The van der Waals surface area contributed by atoms with E-state index >= 15 is 0 Å². The van der Waals surface area contributed by atoms with Gasteiger partial charge in [-0.05, 0) is 42.5 Å². The first-order valence-corrected chi connectivity index (χ1v) is 9.55. The lowest BCUT2D eigenvalue weighted by Crippen LogP contribution is -2.32. The van der Waals surface area contributed by atoms with Gasteiger partial charge in [0.2, 0.25) is 0 Å². The Labute approximate surface area is 139 Å². The number of carbonyl (C=O) groups is 2. The average Bonchev–Trinajstić information content (AvgIpc) is 2.56. The zero-order chi connectivity index (χ0) is 15.9. The van der Waals surface area contributed by atoms with E-state index in [1.165, 1.54) is 23.5 Å². The second-order valence-corrected chi connectivity index (χ2v) is 7.80. The van der Waals surface area contributed by atoms with Crippen LogP contribution in [0.3, 0.4) is 0 Å². The summed E-state index contributed by atoms with van der Waals surface area (Å²) in [7, 11) is 0. The number of aliphatic carboxylic acids is 1. The van der Waals surface area contributed by atoms with Crippen LogP contribution in [0.4, 0.5) is 0 Å². The van der Waals surface area contributed by atoms with Gasteiger partial charge in [0.1, 0.15) is 0 Å². The molecule has 1 amide bonds. The molecule has 120 valence electrons. The summed E-state index contributed by atoms with van der Waals surface area (Å²) in [6.45, 7) is 2.63. The van der Waals surface area contributed by atoms with Gasteiger partial charge in [-0.15, -0.1) is 23.5 Å². The van der Waals surface area contributed by atoms with E-state index in [2.05, 4.69) is 0 Å². The first kappa shape index (κ1) is 17.2. The van der Waals surface area contributed by atoms with E-state index in [-0.39, 0.29) is 18.9 Å². The lowest BCUT2D eigenvalue weighted by molar-refractivity contribution is -0.137. The molecule has 1 saturated heterocycles. The summed E-state index contributed by atoms with van der Waals surface area (Å²) >= 11 is 3.91. The second kappa shape index (κ2) is 8.48. The Kier molecular flexibility index (Phi) is 6.64. The topological polar surface area (TPSA) is 57.6 Å². The van der Waals surface area contributed by atoms with E-state index in [0.29, 0.717) is 16.7 Å². The Morgan fingerprint density at radius 3 is 2.41 bits per heavy atom. The van der Waals surface area contributed by atoms with Gasteiger partial charge in [0.05, 0.1) is 11.0 Å². The molecule has 1 aromatic rings. The quantitative estimate of drug-likeness (QED) is 0.860. The van der Waals surface area contributed by atoms with Crippen LogP contribution in [0.15, 0.2) is 24.3 Å². The summed E-state index contributed by atoms with van der Waals surface area (Å²) in [5, 5.41) is 8.75. The van der Waals surface area contributed by atoms with Gasteiger partial charge >= 0.3 is 5.97 Å². The van der Waals surface area contributed by atoms with Crippen molar-refractivity contribution in [2.24, 2.45) is 0 Å². The van der Waals surface area contributed by atoms with Crippen molar-refractivity contribution >= 4 is 35.4 Å². The highest BCUT2D eigenvalue weighted by Gasteiger charge is 2.18. The average molecular weight is 339 g/mol. The Balaban J connectivity index is 2.01. The van der Waals surface area contributed by atoms with Gasteiger partial charge in [0.15, 0.2) is 0 Å². The van der Waals surface area contributed by atoms with Crippen LogP contribution in [-0.4, -0.2) is 46.5 Å². The lowest BCUT2D eigenvalue weighted by atomic mass is 10.1. The van der Waals surface area contributed by atoms with E-state index in [4.69, 9.17) is 5.11 Å². The summed E-state index contributed by atoms with van der Waals surface area (Å²) in [5.74, 6) is 1.40. The molecule has 0 bridgehead atoms. The Bertz CT molecular complexity index is 513. The van der Waals surface area contributed by atoms with E-state index in [9.17, 15) is 9.59 Å². The monoisotopic (exact) mass is 339 g/mol. The van der Waals surface area contributed by atoms with Gasteiger partial charge in [-0.1, -0.05) is 12.1 Å². The third-order valence-corrected chi connectivity index (χ3v) is 6.54. The van der Waals surface area contributed by atoms with Gasteiger partial charge in [-0.3, -0.25) is 9.59 Å². The van der Waals surface area contributed by atoms with Crippen molar-refractivity contribution in [1.29, 1.82) is 0 Å². The van der Waals surface area contributed by atoms with Crippen LogP contribution in [0.25, 0.3) is 0 Å². The molecular formula is C16H21NO3S2. The summed E-state index contributed by atoms with van der Waals surface area (Å²) in [6, 6.07) is 7.76. The molecule has 0 atom stereocenters. The highest BCUT2D eigenvalue weighted by atomic mass is 32.2. The van der Waals surface area contributed by atoms with Crippen molar-refractivity contribution in [3.05, 3.63) is 35.4 Å². The maximum Gasteiger partial charge on any atom is 0.305 e. The molecule has 1 aliphatic heterocycles. The third kappa shape index (κ3) is 4.68. The first-order valence-electron chi connectivity index (χ1n) is 7.46. The molecule has 0 spiro atoms. The van der Waals surface area contributed by atoms with Crippen LogP contribution in [-0.2, 0) is 4.79 Å². The number of hydrogen-bond acceptors (Lipinski definition) is 4. The summed E-state index contributed by atoms with van der Waals surface area (Å²) in [5.41, 5.74) is 1.88. The molecule has 0 unspecified atom stereocenters. The molecule has 0 aromatic heterocycles. The van der Waals surface area contributed by atoms with Gasteiger partial charge in [0.25, 0.3) is 5.91 Å². The number of carboxylic acid groups (broad SMARTS) is 1. The predicted molar refractivity (Wildman–Crippen MR) is 92.5 cm³/mol. The van der Waals surface area contributed by atoms with E-state index in [1.54, 1.807) is 4.90 Å². The number of amides is 1. The molecule has 1 aromatic carbocycles. The molecule has 0 aliphatic carbocycles. The number of benzene rings is 1. The fourth-order valence-electron chi connectivity index (χ4n) is 2.28. The van der Waals surface area contributed by atoms with Crippen LogP contribution < -0.4 is 0 Å². The van der Waals surface area contributed by atoms with E-state index in [1.807, 2.05) is 54.7 Å². The molecule has 22 heavy (non-hydrogen) atoms. The molecule has 1 N–H and O–H groups in total. The molecule has 1 aliphatic rings. The minimum Gasteiger partial charge on any atom is -0.481 e. The van der Waals surface area contributed by atoms with Gasteiger partial charge < -0.3 is 10.0 Å². The fourth-order valence-corrected chi connectivity index (χ4v) is 5.17. The number of rotatable bonds is 6. The Hall–Kier alpha value is -1.14. The third-order valence-electron chi connectivity index (χ3n) is 3.52. The van der Waals surface area contributed by atoms with Crippen LogP contribution in [0.1, 0.15) is 40.3 Å². The number of thioether (sulfide) groups is 2. The standard InChI is InChI=1S/C16H21NO3S2/c1-2-17(9-8-14(18)19)15(20)12-4-6-13(7-5-12)16-21-10-3-11-22-16/h4-7,16H,2-3,8-11H2,1H3,(H,18,19). The first-order chi connectivity index (χ1) is 10.6. The normalized spacial score (nSPS) is 15.5. The molecule has 1 heterocycles. The summed E-state index contributed by atoms with van der Waals surface area (Å²) in [6.07, 6.45) is 1.24. The molecule has 1 fully saturated rings. The summed E-state index contributed by atoms with van der Waals surface area (Å²) in [4.78, 5) is 24.6. The molecule has 4 nitrogen and oxygen atoms in total. The second-order valence-electron chi connectivity index (χ2n) is 5.08. The number of carbonyl (C=O) groups excluding carboxylic acids is 1. The van der Waals surface area contributed by atoms with Crippen molar-refractivity contribution in [2.75, 3.05) is 24.6 Å². The Morgan fingerprint density at radius 1 is 1.23 bits per heavy atom. The number of nitrogens with zero attached hydrogens (tertiary/aromatic N) is 1. The highest BCUT2D eigenvalue weighted by molar-refractivity contribution is 8.16. The molecule has 0 radical (unpaired) electrons. The van der Waals surface area contributed by atoms with Crippen molar-refractivity contribution in [3.63, 3.8) is 0 Å². The maximum absolute atomic E-state index is 12.4. The van der Waals surface area contributed by atoms with Crippen LogP contribution in [0, 0.1) is 0 Å². The van der Waals surface area contributed by atoms with E-state index < -0.39 is 5.97 Å². The molecule has 2 rings (SSSR count). The van der Waals surface area contributed by atoms with Gasteiger partial charge in [0, 0.05) is 18.7 Å². The summed E-state index contributed by atoms with van der Waals surface area (Å²) < 4.78 is 0.465. The highest BCUT2D eigenvalue weighted by Crippen LogP contribution is 2.43. The minimum atomic E-state index is -0.882. The Morgan fingerprint density at radius 2 is 1.86 bits per heavy atom. The lowest BCUT2D eigenvalue weighted by Gasteiger charge is -2.22. The smallest absolute Gasteiger partial charge is 0.305 e. The number of carboxylic acids is 1. The fraction of sp³-hybridized carbons (Fsp3) is 0.500. The van der Waals surface area contributed by atoms with Crippen LogP contribution in [0.5, 0.6) is 0 Å². The van der Waals surface area contributed by atoms with Crippen molar-refractivity contribution in [1.82, 2.24) is 4.90 Å². The van der Waals surface area contributed by atoms with Crippen LogP contribution in [0.2, 0.25) is 0 Å². The van der Waals surface area contributed by atoms with Crippen molar-refractivity contribution in [2.45, 2.75) is 24.3 Å². The number of hydrogen-bond donors (Lipinski definition) is 1. The zero-order valence-corrected chi connectivity index (χ0v) is 14.3. The van der Waals surface area contributed by atoms with Gasteiger partial charge in [-0.2, -0.15) is 0 Å². The van der Waals surface area contributed by atoms with E-state index in [0.717, 1.165) is 0 Å². The minimum absolute atomic E-state index is 0.0208. The molecule has 6 heteroatoms.